The second-order valence-electron chi connectivity index (χ2n) is 3.37. The Bertz CT molecular complexity index is 395. The third-order valence-electron chi connectivity index (χ3n) is 1.95. The highest BCUT2D eigenvalue weighted by atomic mass is 19.3. The monoisotopic (exact) mass is 262 g/mol. The number of carbonyl (C=O) groups excluding carboxylic acids is 2. The maximum Gasteiger partial charge on any atom is 0.287 e. The lowest BCUT2D eigenvalue weighted by molar-refractivity contribution is -0.121. The summed E-state index contributed by atoms with van der Waals surface area (Å²) in [5.74, 6) is -1.24. The van der Waals surface area contributed by atoms with Gasteiger partial charge in [0.25, 0.3) is 12.3 Å². The Morgan fingerprint density at radius 2 is 2.11 bits per heavy atom. The Labute approximate surface area is 101 Å². The van der Waals surface area contributed by atoms with Gasteiger partial charge >= 0.3 is 0 Å². The molecule has 0 radical (unpaired) electrons. The highest BCUT2D eigenvalue weighted by Crippen LogP contribution is 1.99. The van der Waals surface area contributed by atoms with Crippen molar-refractivity contribution in [3.8, 4) is 0 Å². The molecule has 2 amide bonds. The van der Waals surface area contributed by atoms with Crippen LogP contribution in [0.15, 0.2) is 22.8 Å². The van der Waals surface area contributed by atoms with Gasteiger partial charge in [-0.25, -0.2) is 8.78 Å². The number of furan rings is 1. The average molecular weight is 262 g/mol. The molecule has 8 heteroatoms. The Hall–Kier alpha value is -1.96. The van der Waals surface area contributed by atoms with Crippen LogP contribution in [0.2, 0.25) is 0 Å². The number of carbonyl (C=O) groups is 2. The molecule has 1 heterocycles. The van der Waals surface area contributed by atoms with Gasteiger partial charge in [-0.1, -0.05) is 0 Å². The molecule has 3 N–H and O–H groups in total. The Balaban J connectivity index is 2.23. The number of halogens is 2. The molecule has 1 atom stereocenters. The number of aliphatic hydroxyl groups excluding tert-OH is 1. The second-order valence-corrected chi connectivity index (χ2v) is 3.37. The Morgan fingerprint density at radius 1 is 1.39 bits per heavy atom. The molecule has 0 saturated heterocycles. The minimum Gasteiger partial charge on any atom is -0.459 e. The first-order valence-electron chi connectivity index (χ1n) is 5.05. The average Bonchev–Trinajstić information content (AvgIpc) is 2.86. The molecule has 1 rings (SSSR count). The molecule has 0 spiro atoms. The van der Waals surface area contributed by atoms with Gasteiger partial charge in [0.1, 0.15) is 6.10 Å². The van der Waals surface area contributed by atoms with Crippen LogP contribution in [0.25, 0.3) is 0 Å². The van der Waals surface area contributed by atoms with Crippen molar-refractivity contribution in [2.45, 2.75) is 12.5 Å². The largest absolute Gasteiger partial charge is 0.459 e. The van der Waals surface area contributed by atoms with Gasteiger partial charge in [-0.2, -0.15) is 0 Å². The molecule has 0 saturated carbocycles. The number of alkyl halides is 2. The molecule has 1 aromatic heterocycles. The van der Waals surface area contributed by atoms with E-state index in [2.05, 4.69) is 10.6 Å². The van der Waals surface area contributed by atoms with Crippen LogP contribution in [-0.2, 0) is 4.79 Å². The lowest BCUT2D eigenvalue weighted by Gasteiger charge is -2.10. The summed E-state index contributed by atoms with van der Waals surface area (Å²) in [6, 6.07) is 2.92. The van der Waals surface area contributed by atoms with Gasteiger partial charge in [0, 0.05) is 6.54 Å². The summed E-state index contributed by atoms with van der Waals surface area (Å²) in [5.41, 5.74) is 0. The van der Waals surface area contributed by atoms with Crippen LogP contribution in [0.3, 0.4) is 0 Å². The summed E-state index contributed by atoms with van der Waals surface area (Å²) in [5, 5.41) is 13.0. The van der Waals surface area contributed by atoms with E-state index in [1.54, 1.807) is 0 Å². The van der Waals surface area contributed by atoms with Crippen molar-refractivity contribution < 1.29 is 27.9 Å². The number of rotatable bonds is 6. The fourth-order valence-corrected chi connectivity index (χ4v) is 1.03. The maximum absolute atomic E-state index is 11.9. The van der Waals surface area contributed by atoms with Crippen LogP contribution in [0.1, 0.15) is 10.6 Å². The number of amides is 2. The smallest absolute Gasteiger partial charge is 0.287 e. The molecule has 0 aromatic carbocycles. The normalized spacial score (nSPS) is 12.2. The van der Waals surface area contributed by atoms with Crippen molar-refractivity contribution in [3.05, 3.63) is 24.2 Å². The lowest BCUT2D eigenvalue weighted by atomic mass is 10.3. The summed E-state index contributed by atoms with van der Waals surface area (Å²) in [6.07, 6.45) is -3.55. The standard InChI is InChI=1S/C10H12F2N2O4/c11-9(12)6(15)4-13-8(16)5-14-10(17)7-2-1-3-18-7/h1-3,6,9,15H,4-5H2,(H,13,16)(H,14,17). The van der Waals surface area contributed by atoms with E-state index >= 15 is 0 Å². The molecule has 0 fully saturated rings. The van der Waals surface area contributed by atoms with Crippen LogP contribution >= 0.6 is 0 Å². The highest BCUT2D eigenvalue weighted by molar-refractivity contribution is 5.94. The van der Waals surface area contributed by atoms with E-state index in [0.717, 1.165) is 0 Å². The first-order chi connectivity index (χ1) is 8.50. The fourth-order valence-electron chi connectivity index (χ4n) is 1.03. The number of aliphatic hydroxyl groups is 1. The van der Waals surface area contributed by atoms with Crippen LogP contribution in [0.4, 0.5) is 8.78 Å². The first-order valence-corrected chi connectivity index (χ1v) is 5.05. The summed E-state index contributed by atoms with van der Waals surface area (Å²) < 4.78 is 28.6. The zero-order valence-electron chi connectivity index (χ0n) is 9.23. The van der Waals surface area contributed by atoms with Crippen LogP contribution < -0.4 is 10.6 Å². The number of nitrogens with one attached hydrogen (secondary N) is 2. The van der Waals surface area contributed by atoms with Crippen molar-refractivity contribution in [2.24, 2.45) is 0 Å². The predicted molar refractivity (Wildman–Crippen MR) is 56.1 cm³/mol. The molecule has 6 nitrogen and oxygen atoms in total. The van der Waals surface area contributed by atoms with E-state index in [0.29, 0.717) is 0 Å². The molecule has 18 heavy (non-hydrogen) atoms. The molecule has 0 bridgehead atoms. The van der Waals surface area contributed by atoms with Gasteiger partial charge in [0.05, 0.1) is 12.8 Å². The van der Waals surface area contributed by atoms with Gasteiger partial charge in [-0.05, 0) is 12.1 Å². The number of hydrogen-bond donors (Lipinski definition) is 3. The van der Waals surface area contributed by atoms with Crippen molar-refractivity contribution >= 4 is 11.8 Å². The molecular weight excluding hydrogens is 250 g/mol. The van der Waals surface area contributed by atoms with Crippen LogP contribution in [0.5, 0.6) is 0 Å². The summed E-state index contributed by atoms with van der Waals surface area (Å²) >= 11 is 0. The van der Waals surface area contributed by atoms with Gasteiger partial charge < -0.3 is 20.2 Å². The summed E-state index contributed by atoms with van der Waals surface area (Å²) in [7, 11) is 0. The van der Waals surface area contributed by atoms with E-state index in [9.17, 15) is 18.4 Å². The zero-order valence-corrected chi connectivity index (χ0v) is 9.23. The van der Waals surface area contributed by atoms with Crippen molar-refractivity contribution in [2.75, 3.05) is 13.1 Å². The number of hydrogen-bond acceptors (Lipinski definition) is 4. The predicted octanol–water partition coefficient (Wildman–Crippen LogP) is -0.248. The summed E-state index contributed by atoms with van der Waals surface area (Å²) in [4.78, 5) is 22.4. The van der Waals surface area contributed by atoms with Crippen molar-refractivity contribution in [3.63, 3.8) is 0 Å². The van der Waals surface area contributed by atoms with Gasteiger partial charge in [-0.15, -0.1) is 0 Å². The van der Waals surface area contributed by atoms with Crippen molar-refractivity contribution in [1.82, 2.24) is 10.6 Å². The maximum atomic E-state index is 11.9. The van der Waals surface area contributed by atoms with Crippen LogP contribution in [0, 0.1) is 0 Å². The Morgan fingerprint density at radius 3 is 2.67 bits per heavy atom. The molecule has 100 valence electrons. The second kappa shape index (κ2) is 6.70. The third kappa shape index (κ3) is 4.50. The first kappa shape index (κ1) is 14.1. The van der Waals surface area contributed by atoms with Gasteiger partial charge in [0.15, 0.2) is 5.76 Å². The molecule has 1 aromatic rings. The third-order valence-corrected chi connectivity index (χ3v) is 1.95. The molecule has 0 aliphatic heterocycles. The fraction of sp³-hybridized carbons (Fsp3) is 0.400. The van der Waals surface area contributed by atoms with E-state index in [1.165, 1.54) is 18.4 Å². The van der Waals surface area contributed by atoms with E-state index < -0.39 is 37.4 Å². The lowest BCUT2D eigenvalue weighted by Crippen LogP contribution is -2.41. The molecular formula is C10H12F2N2O4. The molecule has 0 aliphatic carbocycles. The molecule has 0 aliphatic rings. The SMILES string of the molecule is O=C(CNC(=O)c1ccco1)NCC(O)C(F)F. The van der Waals surface area contributed by atoms with E-state index in [1.807, 2.05) is 0 Å². The minimum atomic E-state index is -2.93. The highest BCUT2D eigenvalue weighted by Gasteiger charge is 2.17. The van der Waals surface area contributed by atoms with Crippen molar-refractivity contribution in [1.29, 1.82) is 0 Å². The van der Waals surface area contributed by atoms with E-state index in [-0.39, 0.29) is 5.76 Å². The minimum absolute atomic E-state index is 0.0374. The topological polar surface area (TPSA) is 91.6 Å². The summed E-state index contributed by atoms with van der Waals surface area (Å²) in [6.45, 7) is -0.970. The molecule has 1 unspecified atom stereocenters. The van der Waals surface area contributed by atoms with Gasteiger partial charge in [0.2, 0.25) is 5.91 Å². The van der Waals surface area contributed by atoms with E-state index in [4.69, 9.17) is 9.52 Å². The quantitative estimate of drug-likeness (QED) is 0.659. The Kier molecular flexibility index (Phi) is 5.25. The van der Waals surface area contributed by atoms with Crippen LogP contribution in [-0.4, -0.2) is 42.5 Å². The zero-order chi connectivity index (χ0) is 13.5. The van der Waals surface area contributed by atoms with Gasteiger partial charge in [-0.3, -0.25) is 9.59 Å².